The van der Waals surface area contributed by atoms with Gasteiger partial charge in [-0.15, -0.1) is 11.3 Å². The van der Waals surface area contributed by atoms with Crippen molar-refractivity contribution in [1.29, 1.82) is 0 Å². The van der Waals surface area contributed by atoms with Crippen molar-refractivity contribution in [3.8, 4) is 0 Å². The predicted molar refractivity (Wildman–Crippen MR) is 63.1 cm³/mol. The average molecular weight is 272 g/mol. The van der Waals surface area contributed by atoms with Crippen molar-refractivity contribution in [2.24, 2.45) is 0 Å². The Morgan fingerprint density at radius 2 is 2.29 bits per heavy atom. The fraction of sp³-hybridized carbons (Fsp3) is 0.125. The normalized spacial score (nSPS) is 10.2. The number of nitrogens with zero attached hydrogens (tertiary/aromatic N) is 4. The molecule has 0 unspecified atom stereocenters. The van der Waals surface area contributed by atoms with Crippen LogP contribution in [-0.2, 0) is 6.54 Å². The van der Waals surface area contributed by atoms with Crippen molar-refractivity contribution >= 4 is 34.4 Å². The lowest BCUT2D eigenvalue weighted by molar-refractivity contribution is -0.384. The minimum absolute atomic E-state index is 0.0861. The van der Waals surface area contributed by atoms with E-state index in [1.165, 1.54) is 17.7 Å². The lowest BCUT2D eigenvalue weighted by atomic mass is 10.4. The molecule has 0 saturated heterocycles. The molecule has 2 aromatic rings. The Labute approximate surface area is 105 Å². The van der Waals surface area contributed by atoms with Gasteiger partial charge in [0.1, 0.15) is 6.33 Å². The third-order valence-corrected chi connectivity index (χ3v) is 2.79. The molecule has 0 bridgehead atoms. The lowest BCUT2D eigenvalue weighted by Crippen LogP contribution is -2.06. The molecule has 0 amide bonds. The highest BCUT2D eigenvalue weighted by Gasteiger charge is 2.21. The average Bonchev–Trinajstić information content (AvgIpc) is 2.78. The van der Waals surface area contributed by atoms with Crippen LogP contribution >= 0.6 is 22.9 Å². The highest BCUT2D eigenvalue weighted by atomic mass is 35.5. The number of halogens is 1. The highest BCUT2D eigenvalue weighted by Crippen LogP contribution is 2.28. The van der Waals surface area contributed by atoms with Crippen molar-refractivity contribution in [1.82, 2.24) is 15.0 Å². The quantitative estimate of drug-likeness (QED) is 0.520. The zero-order valence-corrected chi connectivity index (χ0v) is 9.90. The first-order valence-electron chi connectivity index (χ1n) is 4.44. The Morgan fingerprint density at radius 3 is 2.94 bits per heavy atom. The first kappa shape index (κ1) is 11.7. The van der Waals surface area contributed by atoms with E-state index in [9.17, 15) is 10.1 Å². The molecule has 1 N–H and O–H groups in total. The van der Waals surface area contributed by atoms with Crippen LogP contribution in [0, 0.1) is 10.1 Å². The van der Waals surface area contributed by atoms with Gasteiger partial charge in [-0.1, -0.05) is 11.6 Å². The molecular formula is C8H6ClN5O2S. The van der Waals surface area contributed by atoms with E-state index in [4.69, 9.17) is 11.6 Å². The number of thiazole rings is 1. The van der Waals surface area contributed by atoms with Crippen LogP contribution in [0.4, 0.5) is 11.5 Å². The van der Waals surface area contributed by atoms with Gasteiger partial charge in [-0.3, -0.25) is 10.1 Å². The standard InChI is InChI=1S/C8H6ClN5O2S/c9-7-6(14(15)16)8(12-3-11-7)10-1-5-2-17-4-13-5/h2-4H,1H2,(H,10,11,12). The fourth-order valence-electron chi connectivity index (χ4n) is 1.15. The molecule has 88 valence electrons. The first-order valence-corrected chi connectivity index (χ1v) is 5.76. The van der Waals surface area contributed by atoms with Crippen molar-refractivity contribution in [3.05, 3.63) is 38.2 Å². The van der Waals surface area contributed by atoms with Gasteiger partial charge in [0.25, 0.3) is 0 Å². The molecule has 0 saturated carbocycles. The maximum absolute atomic E-state index is 10.8. The molecular weight excluding hydrogens is 266 g/mol. The molecule has 17 heavy (non-hydrogen) atoms. The maximum Gasteiger partial charge on any atom is 0.348 e. The Bertz CT molecular complexity index is 533. The second-order valence-corrected chi connectivity index (χ2v) is 4.03. The fourth-order valence-corrected chi connectivity index (χ4v) is 1.91. The van der Waals surface area contributed by atoms with Gasteiger partial charge in [-0.25, -0.2) is 15.0 Å². The Kier molecular flexibility index (Phi) is 3.45. The molecule has 0 atom stereocenters. The summed E-state index contributed by atoms with van der Waals surface area (Å²) in [5.74, 6) is 0.0861. The van der Waals surface area contributed by atoms with E-state index < -0.39 is 4.92 Å². The summed E-state index contributed by atoms with van der Waals surface area (Å²) in [5, 5.41) is 15.2. The van der Waals surface area contributed by atoms with E-state index in [0.717, 1.165) is 5.69 Å². The topological polar surface area (TPSA) is 93.8 Å². The van der Waals surface area contributed by atoms with Crippen LogP contribution in [-0.4, -0.2) is 19.9 Å². The Morgan fingerprint density at radius 1 is 1.47 bits per heavy atom. The number of anilines is 1. The monoisotopic (exact) mass is 271 g/mol. The van der Waals surface area contributed by atoms with Crippen LogP contribution in [0.25, 0.3) is 0 Å². The number of hydrogen-bond acceptors (Lipinski definition) is 7. The van der Waals surface area contributed by atoms with Gasteiger partial charge in [0.05, 0.1) is 22.7 Å². The molecule has 0 aromatic carbocycles. The third-order valence-electron chi connectivity index (χ3n) is 1.88. The van der Waals surface area contributed by atoms with Gasteiger partial charge in [0.2, 0.25) is 11.0 Å². The van der Waals surface area contributed by atoms with Crippen molar-refractivity contribution in [2.45, 2.75) is 6.54 Å². The Hall–Kier alpha value is -1.80. The van der Waals surface area contributed by atoms with Gasteiger partial charge in [0, 0.05) is 5.38 Å². The minimum Gasteiger partial charge on any atom is -0.359 e. The SMILES string of the molecule is O=[N+]([O-])c1c(Cl)ncnc1NCc1cscn1. The minimum atomic E-state index is -0.619. The number of hydrogen-bond donors (Lipinski definition) is 1. The van der Waals surface area contributed by atoms with Crippen LogP contribution in [0.1, 0.15) is 5.69 Å². The molecule has 7 nitrogen and oxygen atoms in total. The predicted octanol–water partition coefficient (Wildman–Crippen LogP) is 2.11. The van der Waals surface area contributed by atoms with Crippen molar-refractivity contribution in [3.63, 3.8) is 0 Å². The summed E-state index contributed by atoms with van der Waals surface area (Å²) >= 11 is 7.08. The molecule has 0 fully saturated rings. The lowest BCUT2D eigenvalue weighted by Gasteiger charge is -2.04. The molecule has 0 radical (unpaired) electrons. The van der Waals surface area contributed by atoms with E-state index in [-0.39, 0.29) is 16.7 Å². The van der Waals surface area contributed by atoms with Gasteiger partial charge >= 0.3 is 5.69 Å². The van der Waals surface area contributed by atoms with Crippen LogP contribution in [0.5, 0.6) is 0 Å². The summed E-state index contributed by atoms with van der Waals surface area (Å²) in [6.45, 7) is 0.345. The molecule has 0 aliphatic rings. The van der Waals surface area contributed by atoms with E-state index in [1.807, 2.05) is 5.38 Å². The summed E-state index contributed by atoms with van der Waals surface area (Å²) in [6, 6.07) is 0. The summed E-state index contributed by atoms with van der Waals surface area (Å²) in [7, 11) is 0. The molecule has 0 aliphatic heterocycles. The van der Waals surface area contributed by atoms with E-state index in [2.05, 4.69) is 20.3 Å². The second-order valence-electron chi connectivity index (χ2n) is 2.95. The van der Waals surface area contributed by atoms with Gasteiger partial charge in [-0.2, -0.15) is 0 Å². The largest absolute Gasteiger partial charge is 0.359 e. The van der Waals surface area contributed by atoms with E-state index in [0.29, 0.717) is 6.54 Å². The number of aromatic nitrogens is 3. The summed E-state index contributed by atoms with van der Waals surface area (Å²) in [6.07, 6.45) is 1.17. The zero-order chi connectivity index (χ0) is 12.3. The van der Waals surface area contributed by atoms with Crippen LogP contribution in [0.2, 0.25) is 5.15 Å². The summed E-state index contributed by atoms with van der Waals surface area (Å²) < 4.78 is 0. The van der Waals surface area contributed by atoms with E-state index in [1.54, 1.807) is 5.51 Å². The van der Waals surface area contributed by atoms with E-state index >= 15 is 0 Å². The molecule has 2 heterocycles. The molecule has 0 aliphatic carbocycles. The number of nitro groups is 1. The van der Waals surface area contributed by atoms with Gasteiger partial charge < -0.3 is 5.32 Å². The van der Waals surface area contributed by atoms with Gasteiger partial charge in [0.15, 0.2) is 0 Å². The summed E-state index contributed by atoms with van der Waals surface area (Å²) in [5.41, 5.74) is 2.13. The van der Waals surface area contributed by atoms with Crippen molar-refractivity contribution < 1.29 is 4.92 Å². The van der Waals surface area contributed by atoms with Crippen LogP contribution in [0.3, 0.4) is 0 Å². The smallest absolute Gasteiger partial charge is 0.348 e. The van der Waals surface area contributed by atoms with Crippen LogP contribution < -0.4 is 5.32 Å². The number of nitrogens with one attached hydrogen (secondary N) is 1. The second kappa shape index (κ2) is 5.02. The number of rotatable bonds is 4. The Balaban J connectivity index is 2.21. The molecule has 2 rings (SSSR count). The molecule has 2 aromatic heterocycles. The zero-order valence-electron chi connectivity index (χ0n) is 8.33. The van der Waals surface area contributed by atoms with Crippen molar-refractivity contribution in [2.75, 3.05) is 5.32 Å². The third kappa shape index (κ3) is 2.66. The maximum atomic E-state index is 10.8. The van der Waals surface area contributed by atoms with Crippen LogP contribution in [0.15, 0.2) is 17.2 Å². The molecule has 9 heteroatoms. The summed E-state index contributed by atoms with van der Waals surface area (Å²) in [4.78, 5) is 21.6. The highest BCUT2D eigenvalue weighted by molar-refractivity contribution is 7.07. The van der Waals surface area contributed by atoms with Gasteiger partial charge in [-0.05, 0) is 0 Å². The first-order chi connectivity index (χ1) is 8.18. The molecule has 0 spiro atoms.